The van der Waals surface area contributed by atoms with Crippen LogP contribution in [0.4, 0.5) is 11.4 Å². The van der Waals surface area contributed by atoms with E-state index < -0.39 is 0 Å². The molecule has 116 valence electrons. The molecule has 2 aromatic rings. The zero-order valence-electron chi connectivity index (χ0n) is 12.2. The summed E-state index contributed by atoms with van der Waals surface area (Å²) in [5.41, 5.74) is 2.11. The summed E-state index contributed by atoms with van der Waals surface area (Å²) < 4.78 is 0. The molecular weight excluding hydrogens is 294 g/mol. The number of hydrogen-bond donors (Lipinski definition) is 2. The molecule has 4 rings (SSSR count). The molecule has 0 saturated heterocycles. The van der Waals surface area contributed by atoms with E-state index in [1.165, 1.54) is 12.1 Å². The second kappa shape index (κ2) is 5.08. The van der Waals surface area contributed by atoms with E-state index >= 15 is 0 Å². The highest BCUT2D eigenvalue weighted by Gasteiger charge is 2.42. The molecular formula is C17H15N3O3. The quantitative estimate of drug-likeness (QED) is 0.383. The van der Waals surface area contributed by atoms with Crippen molar-refractivity contribution in [1.29, 1.82) is 0 Å². The number of anilines is 1. The third kappa shape index (κ3) is 2.06. The van der Waals surface area contributed by atoms with Gasteiger partial charge in [0.15, 0.2) is 0 Å². The summed E-state index contributed by atoms with van der Waals surface area (Å²) in [5, 5.41) is 24.9. The first-order valence-electron chi connectivity index (χ1n) is 7.50. The fraction of sp³-hybridized carbons (Fsp3) is 0.235. The van der Waals surface area contributed by atoms with Crippen molar-refractivity contribution < 1.29 is 10.0 Å². The van der Waals surface area contributed by atoms with Gasteiger partial charge in [-0.3, -0.25) is 15.1 Å². The lowest BCUT2D eigenvalue weighted by Crippen LogP contribution is -2.29. The van der Waals surface area contributed by atoms with Crippen molar-refractivity contribution in [3.05, 3.63) is 70.1 Å². The summed E-state index contributed by atoms with van der Waals surface area (Å²) >= 11 is 0. The van der Waals surface area contributed by atoms with Gasteiger partial charge in [-0.2, -0.15) is 0 Å². The highest BCUT2D eigenvalue weighted by Crippen LogP contribution is 2.54. The predicted molar refractivity (Wildman–Crippen MR) is 85.3 cm³/mol. The summed E-state index contributed by atoms with van der Waals surface area (Å²) in [7, 11) is 0. The molecule has 0 saturated carbocycles. The van der Waals surface area contributed by atoms with Crippen LogP contribution in [0.15, 0.2) is 48.8 Å². The van der Waals surface area contributed by atoms with Crippen molar-refractivity contribution in [1.82, 2.24) is 4.98 Å². The van der Waals surface area contributed by atoms with Crippen LogP contribution in [0.1, 0.15) is 29.5 Å². The van der Waals surface area contributed by atoms with E-state index in [4.69, 9.17) is 0 Å². The van der Waals surface area contributed by atoms with Gasteiger partial charge in [0.25, 0.3) is 5.69 Å². The fourth-order valence-electron chi connectivity index (χ4n) is 3.72. The molecule has 3 atom stereocenters. The first kappa shape index (κ1) is 13.8. The van der Waals surface area contributed by atoms with Crippen LogP contribution < -0.4 is 5.32 Å². The summed E-state index contributed by atoms with van der Waals surface area (Å²) in [6.07, 6.45) is 8.42. The fourth-order valence-corrected chi connectivity index (χ4v) is 3.72. The van der Waals surface area contributed by atoms with E-state index in [1.807, 2.05) is 18.2 Å². The van der Waals surface area contributed by atoms with Crippen LogP contribution in [-0.2, 0) is 0 Å². The molecule has 3 unspecified atom stereocenters. The zero-order chi connectivity index (χ0) is 16.0. The molecule has 0 fully saturated rings. The Labute approximate surface area is 132 Å². The van der Waals surface area contributed by atoms with Crippen molar-refractivity contribution in [3.8, 4) is 5.75 Å². The first-order chi connectivity index (χ1) is 11.2. The van der Waals surface area contributed by atoms with Gasteiger partial charge >= 0.3 is 0 Å². The Hall–Kier alpha value is -2.89. The smallest absolute Gasteiger partial charge is 0.275 e. The van der Waals surface area contributed by atoms with Crippen LogP contribution in [0.25, 0.3) is 0 Å². The third-order valence-corrected chi connectivity index (χ3v) is 4.71. The second-order valence-electron chi connectivity index (χ2n) is 5.91. The van der Waals surface area contributed by atoms with E-state index in [9.17, 15) is 15.2 Å². The van der Waals surface area contributed by atoms with Crippen LogP contribution >= 0.6 is 0 Å². The maximum atomic E-state index is 11.4. The van der Waals surface area contributed by atoms with Crippen molar-refractivity contribution >= 4 is 11.4 Å². The molecule has 1 aliphatic heterocycles. The minimum atomic E-state index is -0.381. The lowest BCUT2D eigenvalue weighted by molar-refractivity contribution is -0.385. The number of allylic oxidation sites excluding steroid dienone is 2. The molecule has 2 heterocycles. The van der Waals surface area contributed by atoms with E-state index in [-0.39, 0.29) is 34.2 Å². The normalized spacial score (nSPS) is 24.6. The minimum Gasteiger partial charge on any atom is -0.506 e. The van der Waals surface area contributed by atoms with Crippen molar-refractivity contribution in [2.75, 3.05) is 5.32 Å². The Morgan fingerprint density at radius 2 is 2.22 bits per heavy atom. The molecule has 2 aliphatic rings. The molecule has 0 bridgehead atoms. The Bertz CT molecular complexity index is 804. The van der Waals surface area contributed by atoms with E-state index in [0.29, 0.717) is 11.3 Å². The highest BCUT2D eigenvalue weighted by atomic mass is 16.6. The van der Waals surface area contributed by atoms with Crippen LogP contribution in [0.3, 0.4) is 0 Å². The van der Waals surface area contributed by atoms with Gasteiger partial charge in [-0.05, 0) is 30.0 Å². The summed E-state index contributed by atoms with van der Waals surface area (Å²) in [6, 6.07) is 6.58. The number of aromatic hydroxyl groups is 1. The molecule has 6 heteroatoms. The van der Waals surface area contributed by atoms with E-state index in [0.717, 1.165) is 12.0 Å². The summed E-state index contributed by atoms with van der Waals surface area (Å²) in [6.45, 7) is 0. The van der Waals surface area contributed by atoms with Gasteiger partial charge in [0.05, 0.1) is 22.2 Å². The summed E-state index contributed by atoms with van der Waals surface area (Å²) in [4.78, 5) is 15.2. The van der Waals surface area contributed by atoms with E-state index in [2.05, 4.69) is 16.4 Å². The summed E-state index contributed by atoms with van der Waals surface area (Å²) in [5.74, 6) is 0.134. The number of phenolic OH excluding ortho intramolecular Hbond substituents is 1. The van der Waals surface area contributed by atoms with Gasteiger partial charge in [-0.1, -0.05) is 18.2 Å². The van der Waals surface area contributed by atoms with Gasteiger partial charge in [-0.15, -0.1) is 0 Å². The molecule has 0 radical (unpaired) electrons. The number of nitro benzene ring substituents is 1. The standard InChI is InChI=1S/C17H15N3O3/c21-14-7-6-13(20(22)23)15-11-4-1-5-12(11)16(19-17(14)15)10-3-2-8-18-9-10/h1-4,6-9,11-12,16,19,21H,5H2. The topological polar surface area (TPSA) is 88.3 Å². The largest absolute Gasteiger partial charge is 0.506 e. The van der Waals surface area contributed by atoms with Crippen LogP contribution in [0.5, 0.6) is 5.75 Å². The molecule has 0 amide bonds. The van der Waals surface area contributed by atoms with Crippen molar-refractivity contribution in [2.24, 2.45) is 5.92 Å². The van der Waals surface area contributed by atoms with Crippen molar-refractivity contribution in [2.45, 2.75) is 18.4 Å². The monoisotopic (exact) mass is 309 g/mol. The van der Waals surface area contributed by atoms with Gasteiger partial charge in [-0.25, -0.2) is 0 Å². The molecule has 23 heavy (non-hydrogen) atoms. The SMILES string of the molecule is O=[N+]([O-])c1ccc(O)c2c1C1C=CCC1C(c1cccnc1)N2. The van der Waals surface area contributed by atoms with Gasteiger partial charge < -0.3 is 10.4 Å². The van der Waals surface area contributed by atoms with Crippen molar-refractivity contribution in [3.63, 3.8) is 0 Å². The average Bonchev–Trinajstić information content (AvgIpc) is 3.05. The maximum Gasteiger partial charge on any atom is 0.275 e. The second-order valence-corrected chi connectivity index (χ2v) is 5.91. The Morgan fingerprint density at radius 1 is 1.35 bits per heavy atom. The lowest BCUT2D eigenvalue weighted by Gasteiger charge is -2.37. The molecule has 6 nitrogen and oxygen atoms in total. The number of nitro groups is 1. The van der Waals surface area contributed by atoms with Crippen LogP contribution in [-0.4, -0.2) is 15.0 Å². The lowest BCUT2D eigenvalue weighted by atomic mass is 9.76. The predicted octanol–water partition coefficient (Wildman–Crippen LogP) is 3.52. The van der Waals surface area contributed by atoms with Crippen LogP contribution in [0.2, 0.25) is 0 Å². The number of nitrogens with zero attached hydrogens (tertiary/aromatic N) is 2. The first-order valence-corrected chi connectivity index (χ1v) is 7.50. The number of hydrogen-bond acceptors (Lipinski definition) is 5. The molecule has 2 N–H and O–H groups in total. The highest BCUT2D eigenvalue weighted by molar-refractivity contribution is 5.73. The molecule has 1 aliphatic carbocycles. The molecule has 1 aromatic heterocycles. The number of nitrogens with one attached hydrogen (secondary N) is 1. The number of pyridine rings is 1. The van der Waals surface area contributed by atoms with Gasteiger partial charge in [0, 0.05) is 24.4 Å². The average molecular weight is 309 g/mol. The number of benzene rings is 1. The Kier molecular flexibility index (Phi) is 3.04. The number of phenols is 1. The maximum absolute atomic E-state index is 11.4. The third-order valence-electron chi connectivity index (χ3n) is 4.71. The van der Waals surface area contributed by atoms with Gasteiger partial charge in [0.2, 0.25) is 0 Å². The number of rotatable bonds is 2. The van der Waals surface area contributed by atoms with Crippen LogP contribution in [0, 0.1) is 16.0 Å². The number of fused-ring (bicyclic) bond motifs is 3. The molecule has 0 spiro atoms. The van der Waals surface area contributed by atoms with E-state index in [1.54, 1.807) is 12.4 Å². The molecule has 1 aromatic carbocycles. The Balaban J connectivity index is 1.89. The zero-order valence-corrected chi connectivity index (χ0v) is 12.2. The Morgan fingerprint density at radius 3 is 2.96 bits per heavy atom. The van der Waals surface area contributed by atoms with Gasteiger partial charge in [0.1, 0.15) is 5.75 Å². The number of aromatic nitrogens is 1. The minimum absolute atomic E-state index is 0.0379.